The van der Waals surface area contributed by atoms with Crippen molar-refractivity contribution in [1.29, 1.82) is 0 Å². The molecule has 5 nitrogen and oxygen atoms in total. The molecular weight excluding hydrogens is 276 g/mol. The van der Waals surface area contributed by atoms with E-state index in [0.717, 1.165) is 37.2 Å². The highest BCUT2D eigenvalue weighted by Gasteiger charge is 2.14. The molecule has 2 rings (SSSR count). The van der Waals surface area contributed by atoms with Crippen molar-refractivity contribution in [3.8, 4) is 0 Å². The van der Waals surface area contributed by atoms with Gasteiger partial charge in [-0.3, -0.25) is 9.89 Å². The summed E-state index contributed by atoms with van der Waals surface area (Å²) in [5, 5.41) is 13.8. The summed E-state index contributed by atoms with van der Waals surface area (Å²) >= 11 is 0. The molecule has 0 unspecified atom stereocenters. The van der Waals surface area contributed by atoms with Crippen LogP contribution >= 0.6 is 0 Å². The molecule has 1 amide bonds. The van der Waals surface area contributed by atoms with E-state index in [-0.39, 0.29) is 5.91 Å². The van der Waals surface area contributed by atoms with E-state index >= 15 is 0 Å². The van der Waals surface area contributed by atoms with Gasteiger partial charge in [0.25, 0.3) is 0 Å². The first-order valence-electron chi connectivity index (χ1n) is 8.67. The van der Waals surface area contributed by atoms with Gasteiger partial charge < -0.3 is 10.6 Å². The average molecular weight is 306 g/mol. The van der Waals surface area contributed by atoms with Crippen LogP contribution in [0.3, 0.4) is 0 Å². The van der Waals surface area contributed by atoms with Gasteiger partial charge in [-0.05, 0) is 32.8 Å². The molecule has 5 heteroatoms. The second-order valence-corrected chi connectivity index (χ2v) is 6.61. The lowest BCUT2D eigenvalue weighted by atomic mass is 10.1. The van der Waals surface area contributed by atoms with E-state index in [1.54, 1.807) is 0 Å². The highest BCUT2D eigenvalue weighted by molar-refractivity contribution is 5.76. The van der Waals surface area contributed by atoms with Gasteiger partial charge in [-0.1, -0.05) is 25.7 Å². The molecule has 0 spiro atoms. The molecular formula is C17H30N4O. The number of nitrogens with one attached hydrogen (secondary N) is 3. The SMILES string of the molecule is Cc1cc(C[C@H](C)NCCC(=O)NC2CCCCCC2)n[nH]1. The minimum atomic E-state index is 0.183. The fourth-order valence-corrected chi connectivity index (χ4v) is 3.12. The number of aryl methyl sites for hydroxylation is 1. The van der Waals surface area contributed by atoms with Crippen LogP contribution in [0.1, 0.15) is 63.3 Å². The lowest BCUT2D eigenvalue weighted by Gasteiger charge is -2.17. The minimum Gasteiger partial charge on any atom is -0.353 e. The van der Waals surface area contributed by atoms with Gasteiger partial charge >= 0.3 is 0 Å². The standard InChI is InChI=1S/C17H30N4O/c1-13(11-16-12-14(2)20-21-16)18-10-9-17(22)19-15-7-5-3-4-6-8-15/h12-13,15,18H,3-11H2,1-2H3,(H,19,22)(H,20,21)/t13-/m0/s1. The topological polar surface area (TPSA) is 69.8 Å². The van der Waals surface area contributed by atoms with Crippen LogP contribution in [-0.4, -0.2) is 34.7 Å². The fourth-order valence-electron chi connectivity index (χ4n) is 3.12. The molecule has 1 heterocycles. The van der Waals surface area contributed by atoms with Crippen LogP contribution < -0.4 is 10.6 Å². The van der Waals surface area contributed by atoms with Crippen molar-refractivity contribution in [2.24, 2.45) is 0 Å². The summed E-state index contributed by atoms with van der Waals surface area (Å²) in [6.07, 6.45) is 8.88. The number of hydrogen-bond donors (Lipinski definition) is 3. The van der Waals surface area contributed by atoms with E-state index in [4.69, 9.17) is 0 Å². The van der Waals surface area contributed by atoms with Crippen molar-refractivity contribution in [2.45, 2.75) is 77.3 Å². The average Bonchev–Trinajstić information content (AvgIpc) is 2.72. The second-order valence-electron chi connectivity index (χ2n) is 6.61. The number of amides is 1. The molecule has 0 aliphatic heterocycles. The monoisotopic (exact) mass is 306 g/mol. The molecule has 22 heavy (non-hydrogen) atoms. The molecule has 1 aliphatic carbocycles. The van der Waals surface area contributed by atoms with Crippen molar-refractivity contribution in [2.75, 3.05) is 6.54 Å². The molecule has 1 aliphatic rings. The summed E-state index contributed by atoms with van der Waals surface area (Å²) in [7, 11) is 0. The molecule has 1 saturated carbocycles. The first-order chi connectivity index (χ1) is 10.6. The molecule has 0 radical (unpaired) electrons. The zero-order chi connectivity index (χ0) is 15.8. The Hall–Kier alpha value is -1.36. The molecule has 0 saturated heterocycles. The number of nitrogens with zero attached hydrogens (tertiary/aromatic N) is 1. The van der Waals surface area contributed by atoms with Crippen LogP contribution in [-0.2, 0) is 11.2 Å². The van der Waals surface area contributed by atoms with E-state index in [9.17, 15) is 4.79 Å². The summed E-state index contributed by atoms with van der Waals surface area (Å²) in [5.41, 5.74) is 2.16. The Balaban J connectivity index is 1.59. The summed E-state index contributed by atoms with van der Waals surface area (Å²) in [4.78, 5) is 12.0. The van der Waals surface area contributed by atoms with Crippen molar-refractivity contribution < 1.29 is 4.79 Å². The summed E-state index contributed by atoms with van der Waals surface area (Å²) in [6, 6.07) is 2.80. The highest BCUT2D eigenvalue weighted by Crippen LogP contribution is 2.17. The number of carbonyl (C=O) groups is 1. The summed E-state index contributed by atoms with van der Waals surface area (Å²) in [5.74, 6) is 0.183. The smallest absolute Gasteiger partial charge is 0.221 e. The normalized spacial score (nSPS) is 17.9. The van der Waals surface area contributed by atoms with Gasteiger partial charge in [0, 0.05) is 37.2 Å². The van der Waals surface area contributed by atoms with Crippen LogP contribution in [0, 0.1) is 6.92 Å². The Kier molecular flexibility index (Phi) is 6.90. The van der Waals surface area contributed by atoms with Gasteiger partial charge in [-0.15, -0.1) is 0 Å². The lowest BCUT2D eigenvalue weighted by Crippen LogP contribution is -2.37. The van der Waals surface area contributed by atoms with Crippen LogP contribution in [0.25, 0.3) is 0 Å². The maximum Gasteiger partial charge on any atom is 0.221 e. The largest absolute Gasteiger partial charge is 0.353 e. The minimum absolute atomic E-state index is 0.183. The molecule has 1 aromatic heterocycles. The Bertz CT molecular complexity index is 449. The molecule has 0 bridgehead atoms. The number of H-pyrrole nitrogens is 1. The first kappa shape index (κ1) is 17.0. The van der Waals surface area contributed by atoms with Crippen molar-refractivity contribution in [3.63, 3.8) is 0 Å². The number of aromatic nitrogens is 2. The zero-order valence-corrected chi connectivity index (χ0v) is 14.0. The van der Waals surface area contributed by atoms with E-state index < -0.39 is 0 Å². The molecule has 1 fully saturated rings. The summed E-state index contributed by atoms with van der Waals surface area (Å²) in [6.45, 7) is 4.86. The maximum absolute atomic E-state index is 12.0. The molecule has 1 atom stereocenters. The second kappa shape index (κ2) is 8.93. The van der Waals surface area contributed by atoms with Crippen LogP contribution in [0.4, 0.5) is 0 Å². The highest BCUT2D eigenvalue weighted by atomic mass is 16.1. The van der Waals surface area contributed by atoms with Crippen LogP contribution in [0.2, 0.25) is 0 Å². The predicted octanol–water partition coefficient (Wildman–Crippen LogP) is 2.47. The number of aromatic amines is 1. The Morgan fingerprint density at radius 2 is 2.09 bits per heavy atom. The first-order valence-corrected chi connectivity index (χ1v) is 8.67. The number of rotatable bonds is 7. The van der Waals surface area contributed by atoms with Gasteiger partial charge in [0.05, 0.1) is 5.69 Å². The van der Waals surface area contributed by atoms with Gasteiger partial charge in [0.2, 0.25) is 5.91 Å². The predicted molar refractivity (Wildman–Crippen MR) is 88.7 cm³/mol. The van der Waals surface area contributed by atoms with Gasteiger partial charge in [0.15, 0.2) is 0 Å². The molecule has 1 aromatic rings. The van der Waals surface area contributed by atoms with Crippen molar-refractivity contribution in [1.82, 2.24) is 20.8 Å². The van der Waals surface area contributed by atoms with Gasteiger partial charge in [0.1, 0.15) is 0 Å². The maximum atomic E-state index is 12.0. The lowest BCUT2D eigenvalue weighted by molar-refractivity contribution is -0.121. The van der Waals surface area contributed by atoms with Crippen molar-refractivity contribution >= 4 is 5.91 Å². The Labute approximate surface area is 133 Å². The quantitative estimate of drug-likeness (QED) is 0.678. The van der Waals surface area contributed by atoms with E-state index in [2.05, 4.69) is 33.8 Å². The zero-order valence-electron chi connectivity index (χ0n) is 14.0. The molecule has 0 aromatic carbocycles. The fraction of sp³-hybridized carbons (Fsp3) is 0.765. The summed E-state index contributed by atoms with van der Waals surface area (Å²) < 4.78 is 0. The Morgan fingerprint density at radius 1 is 1.36 bits per heavy atom. The van der Waals surface area contributed by atoms with Gasteiger partial charge in [-0.25, -0.2) is 0 Å². The van der Waals surface area contributed by atoms with Crippen molar-refractivity contribution in [3.05, 3.63) is 17.5 Å². The molecule has 3 N–H and O–H groups in total. The van der Waals surface area contributed by atoms with E-state index in [0.29, 0.717) is 18.5 Å². The van der Waals surface area contributed by atoms with E-state index in [1.807, 2.05) is 6.92 Å². The third kappa shape index (κ3) is 6.18. The van der Waals surface area contributed by atoms with Crippen LogP contribution in [0.15, 0.2) is 6.07 Å². The number of hydrogen-bond acceptors (Lipinski definition) is 3. The third-order valence-corrected chi connectivity index (χ3v) is 4.34. The Morgan fingerprint density at radius 3 is 2.73 bits per heavy atom. The third-order valence-electron chi connectivity index (χ3n) is 4.34. The molecule has 124 valence electrons. The number of carbonyl (C=O) groups excluding carboxylic acids is 1. The van der Waals surface area contributed by atoms with E-state index in [1.165, 1.54) is 25.7 Å². The van der Waals surface area contributed by atoms with Crippen LogP contribution in [0.5, 0.6) is 0 Å². The van der Waals surface area contributed by atoms with Gasteiger partial charge in [-0.2, -0.15) is 5.10 Å².